The Balaban J connectivity index is 1.19. The number of aromatic hydroxyl groups is 1. The number of nitrogens with zero attached hydrogens (tertiary/aromatic N) is 6. The fourth-order valence-electron chi connectivity index (χ4n) is 10.1. The summed E-state index contributed by atoms with van der Waals surface area (Å²) in [5, 5.41) is 33.6. The van der Waals surface area contributed by atoms with Crippen LogP contribution in [0.5, 0.6) is 5.75 Å². The number of aromatic nitrogens is 6. The van der Waals surface area contributed by atoms with Crippen molar-refractivity contribution in [2.75, 3.05) is 11.9 Å². The van der Waals surface area contributed by atoms with Crippen LogP contribution in [0.4, 0.5) is 5.82 Å². The molecule has 0 unspecified atom stereocenters. The number of rotatable bonds is 17. The van der Waals surface area contributed by atoms with Crippen molar-refractivity contribution in [2.45, 2.75) is 24.2 Å². The molecule has 8 aromatic carbocycles. The van der Waals surface area contributed by atoms with Gasteiger partial charge >= 0.3 is 0 Å². The van der Waals surface area contributed by atoms with Crippen LogP contribution in [0.15, 0.2) is 255 Å². The fraction of sp³-hybridized carbons (Fsp3) is 0.0794. The van der Waals surface area contributed by atoms with Gasteiger partial charge in [-0.1, -0.05) is 218 Å². The van der Waals surface area contributed by atoms with Crippen LogP contribution in [0.1, 0.15) is 55.6 Å². The van der Waals surface area contributed by atoms with Crippen molar-refractivity contribution in [1.82, 2.24) is 35.1 Å². The van der Waals surface area contributed by atoms with Gasteiger partial charge in [0.1, 0.15) is 28.2 Å². The average molecular weight is 1060 g/mol. The van der Waals surface area contributed by atoms with Crippen LogP contribution in [0, 0.1) is 3.57 Å². The van der Waals surface area contributed by atoms with Gasteiger partial charge in [0.15, 0.2) is 5.65 Å². The standard InChI is InChI=1S/C63H51IN8O/c64-55-35-19-21-46(39-55)42-65-38-37-57(48-43-66-71(45-48)44-47-22-20-36-56(73)40-47)58-41-59(68-62(49-23-7-1-8-24-49,50-25-9-2-10-26-50)51-27-11-3-12-28-51)67-61-60(58)69-70-72(61)63(52-29-13-4-14-30-52,53-31-15-5-16-32-53)54-33-17-6-18-34-54/h1-37,39-41,43,45,65,73H,38,42,44H2,(H,67,68)/b57-37+. The predicted octanol–water partition coefficient (Wildman–Crippen LogP) is 12.8. The van der Waals surface area contributed by atoms with Crippen LogP contribution in [0.2, 0.25) is 0 Å². The molecule has 11 rings (SSSR count). The van der Waals surface area contributed by atoms with E-state index in [9.17, 15) is 5.11 Å². The minimum absolute atomic E-state index is 0.210. The summed E-state index contributed by atoms with van der Waals surface area (Å²) in [7, 11) is 0. The zero-order valence-corrected chi connectivity index (χ0v) is 42.0. The van der Waals surface area contributed by atoms with Crippen LogP contribution < -0.4 is 10.6 Å². The molecule has 9 nitrogen and oxygen atoms in total. The van der Waals surface area contributed by atoms with E-state index in [1.165, 1.54) is 9.13 Å². The molecule has 0 aliphatic heterocycles. The maximum Gasteiger partial charge on any atom is 0.182 e. The van der Waals surface area contributed by atoms with Gasteiger partial charge in [0.25, 0.3) is 0 Å². The Morgan fingerprint density at radius 2 is 1.10 bits per heavy atom. The molecule has 0 atom stereocenters. The summed E-state index contributed by atoms with van der Waals surface area (Å²) in [5.41, 5.74) is 10.1. The maximum atomic E-state index is 10.4. The smallest absolute Gasteiger partial charge is 0.182 e. The Bertz CT molecular complexity index is 3430. The van der Waals surface area contributed by atoms with Crippen molar-refractivity contribution in [3.05, 3.63) is 314 Å². The van der Waals surface area contributed by atoms with Gasteiger partial charge in [-0.05, 0) is 103 Å². The van der Waals surface area contributed by atoms with Crippen LogP contribution in [-0.2, 0) is 24.2 Å². The highest BCUT2D eigenvalue weighted by Gasteiger charge is 2.43. The number of phenolic OH excluding ortho intramolecular Hbond substituents is 1. The molecule has 356 valence electrons. The zero-order valence-electron chi connectivity index (χ0n) is 39.9. The van der Waals surface area contributed by atoms with Gasteiger partial charge in [-0.15, -0.1) is 5.10 Å². The topological polar surface area (TPSA) is 106 Å². The number of hydrogen-bond donors (Lipinski definition) is 3. The number of pyridine rings is 1. The van der Waals surface area contributed by atoms with Gasteiger partial charge in [-0.25, -0.2) is 9.67 Å². The highest BCUT2D eigenvalue weighted by molar-refractivity contribution is 14.1. The number of benzene rings is 8. The van der Waals surface area contributed by atoms with E-state index >= 15 is 0 Å². The van der Waals surface area contributed by atoms with Gasteiger partial charge in [0, 0.05) is 34.0 Å². The van der Waals surface area contributed by atoms with E-state index in [4.69, 9.17) is 20.4 Å². The van der Waals surface area contributed by atoms with E-state index < -0.39 is 11.1 Å². The third-order valence-corrected chi connectivity index (χ3v) is 14.1. The predicted molar refractivity (Wildman–Crippen MR) is 300 cm³/mol. The summed E-state index contributed by atoms with van der Waals surface area (Å²) in [6, 6.07) is 81.3. The molecule has 3 N–H and O–H groups in total. The average Bonchev–Trinajstić information content (AvgIpc) is 4.10. The van der Waals surface area contributed by atoms with Crippen molar-refractivity contribution in [2.24, 2.45) is 0 Å². The molecule has 10 heteroatoms. The first-order valence-electron chi connectivity index (χ1n) is 24.3. The third-order valence-electron chi connectivity index (χ3n) is 13.4. The van der Waals surface area contributed by atoms with Crippen LogP contribution >= 0.6 is 22.6 Å². The van der Waals surface area contributed by atoms with Crippen molar-refractivity contribution in [3.63, 3.8) is 0 Å². The lowest BCUT2D eigenvalue weighted by atomic mass is 9.77. The second-order valence-corrected chi connectivity index (χ2v) is 19.2. The summed E-state index contributed by atoms with van der Waals surface area (Å²) in [6.07, 6.45) is 6.19. The minimum atomic E-state index is -1.03. The molecule has 3 heterocycles. The normalized spacial score (nSPS) is 12.0. The lowest BCUT2D eigenvalue weighted by Gasteiger charge is -2.38. The summed E-state index contributed by atoms with van der Waals surface area (Å²) in [6.45, 7) is 1.67. The molecule has 0 aliphatic rings. The van der Waals surface area contributed by atoms with E-state index in [1.807, 2.05) is 45.9 Å². The number of fused-ring (bicyclic) bond motifs is 1. The second-order valence-electron chi connectivity index (χ2n) is 18.0. The molecule has 73 heavy (non-hydrogen) atoms. The van der Waals surface area contributed by atoms with E-state index in [-0.39, 0.29) is 5.75 Å². The Morgan fingerprint density at radius 3 is 1.63 bits per heavy atom. The van der Waals surface area contributed by atoms with Crippen molar-refractivity contribution >= 4 is 45.1 Å². The Labute approximate surface area is 438 Å². The Morgan fingerprint density at radius 1 is 0.575 bits per heavy atom. The van der Waals surface area contributed by atoms with E-state index in [1.54, 1.807) is 12.1 Å². The molecule has 0 aliphatic carbocycles. The van der Waals surface area contributed by atoms with Gasteiger partial charge in [-0.3, -0.25) is 4.68 Å². The SMILES string of the molecule is Oc1cccc(Cn2cc(/C(=C\CNCc3cccc(I)c3)c3cc(NC(c4ccccc4)(c4ccccc4)c4ccccc4)nc4c3nnn4C(c3ccccc3)(c3ccccc3)c3ccccc3)cn2)c1. The monoisotopic (exact) mass is 1060 g/mol. The zero-order chi connectivity index (χ0) is 49.5. The van der Waals surface area contributed by atoms with E-state index in [0.29, 0.717) is 36.6 Å². The summed E-state index contributed by atoms with van der Waals surface area (Å²) < 4.78 is 5.11. The molecule has 0 radical (unpaired) electrons. The van der Waals surface area contributed by atoms with Crippen LogP contribution in [-0.4, -0.2) is 41.4 Å². The number of halogens is 1. The largest absolute Gasteiger partial charge is 0.508 e. The van der Waals surface area contributed by atoms with Crippen molar-refractivity contribution in [1.29, 1.82) is 0 Å². The van der Waals surface area contributed by atoms with Gasteiger partial charge in [0.2, 0.25) is 0 Å². The molecule has 0 amide bonds. The minimum Gasteiger partial charge on any atom is -0.508 e. The first-order chi connectivity index (χ1) is 36.0. The molecule has 0 bridgehead atoms. The molecule has 0 fully saturated rings. The first kappa shape index (κ1) is 46.9. The number of anilines is 1. The molecular weight excluding hydrogens is 1010 g/mol. The van der Waals surface area contributed by atoms with Gasteiger partial charge < -0.3 is 15.7 Å². The summed E-state index contributed by atoms with van der Waals surface area (Å²) in [4.78, 5) is 5.73. The van der Waals surface area contributed by atoms with Gasteiger partial charge in [-0.2, -0.15) is 5.10 Å². The summed E-state index contributed by atoms with van der Waals surface area (Å²) >= 11 is 2.36. The van der Waals surface area contributed by atoms with E-state index in [2.05, 4.69) is 240 Å². The fourth-order valence-corrected chi connectivity index (χ4v) is 10.7. The lowest BCUT2D eigenvalue weighted by Crippen LogP contribution is -2.39. The van der Waals surface area contributed by atoms with Crippen molar-refractivity contribution in [3.8, 4) is 5.75 Å². The Kier molecular flexibility index (Phi) is 13.6. The first-order valence-corrected chi connectivity index (χ1v) is 25.4. The van der Waals surface area contributed by atoms with E-state index in [0.717, 1.165) is 55.6 Å². The number of hydrogen-bond acceptors (Lipinski definition) is 7. The lowest BCUT2D eigenvalue weighted by molar-refractivity contribution is 0.457. The molecule has 11 aromatic rings. The summed E-state index contributed by atoms with van der Waals surface area (Å²) in [5.74, 6) is 0.817. The number of nitrogens with one attached hydrogen (secondary N) is 2. The third kappa shape index (κ3) is 9.46. The molecule has 0 saturated carbocycles. The van der Waals surface area contributed by atoms with Gasteiger partial charge in [0.05, 0.1) is 12.7 Å². The second kappa shape index (κ2) is 21.1. The highest BCUT2D eigenvalue weighted by Crippen LogP contribution is 2.45. The van der Waals surface area contributed by atoms with Crippen LogP contribution in [0.25, 0.3) is 16.7 Å². The maximum absolute atomic E-state index is 10.4. The molecule has 3 aromatic heterocycles. The molecular formula is C63H51IN8O. The molecule has 0 saturated heterocycles. The van der Waals surface area contributed by atoms with Crippen LogP contribution in [0.3, 0.4) is 0 Å². The molecule has 0 spiro atoms. The quantitative estimate of drug-likeness (QED) is 0.0474. The number of phenols is 1. The van der Waals surface area contributed by atoms with Crippen molar-refractivity contribution < 1.29 is 5.11 Å². The Hall–Kier alpha value is -8.45. The highest BCUT2D eigenvalue weighted by atomic mass is 127.